The van der Waals surface area contributed by atoms with E-state index in [2.05, 4.69) is 0 Å². The topological polar surface area (TPSA) is 91.8 Å². The van der Waals surface area contributed by atoms with Gasteiger partial charge in [0.15, 0.2) is 9.84 Å². The number of hydrogen-bond acceptors (Lipinski definition) is 5. The number of likely N-dealkylation sites (N-methyl/N-ethyl adjacent to an activating group) is 1. The number of aliphatic hydroxyl groups is 1. The summed E-state index contributed by atoms with van der Waals surface area (Å²) >= 11 is 0. The fourth-order valence-electron chi connectivity index (χ4n) is 3.85. The summed E-state index contributed by atoms with van der Waals surface area (Å²) in [4.78, 5) is 0.131. The van der Waals surface area contributed by atoms with Crippen molar-refractivity contribution >= 4 is 19.9 Å². The van der Waals surface area contributed by atoms with Crippen LogP contribution < -0.4 is 0 Å². The lowest BCUT2D eigenvalue weighted by atomic mass is 9.84. The van der Waals surface area contributed by atoms with Crippen LogP contribution in [0.4, 0.5) is 0 Å². The Morgan fingerprint density at radius 2 is 1.64 bits per heavy atom. The van der Waals surface area contributed by atoms with E-state index in [1.165, 1.54) is 26.3 Å². The molecule has 0 unspecified atom stereocenters. The zero-order valence-corrected chi connectivity index (χ0v) is 16.0. The second-order valence-corrected chi connectivity index (χ2v) is 11.3. The number of aliphatic hydroxyl groups excluding tert-OH is 1. The quantitative estimate of drug-likeness (QED) is 0.846. The maximum absolute atomic E-state index is 12.8. The fourth-order valence-corrected chi connectivity index (χ4v) is 7.17. The molecule has 25 heavy (non-hydrogen) atoms. The highest BCUT2D eigenvalue weighted by atomic mass is 32.2. The van der Waals surface area contributed by atoms with Gasteiger partial charge in [-0.2, -0.15) is 4.31 Å². The van der Waals surface area contributed by atoms with Crippen LogP contribution in [0.3, 0.4) is 0 Å². The Morgan fingerprint density at radius 3 is 2.16 bits per heavy atom. The number of nitrogens with zero attached hydrogens (tertiary/aromatic N) is 1. The molecule has 0 aromatic heterocycles. The number of hydrogen-bond donors (Lipinski definition) is 1. The second-order valence-electron chi connectivity index (χ2n) is 7.14. The Kier molecular flexibility index (Phi) is 5.26. The zero-order valence-electron chi connectivity index (χ0n) is 14.3. The van der Waals surface area contributed by atoms with Crippen LogP contribution in [0.5, 0.6) is 0 Å². The zero-order chi connectivity index (χ0) is 18.2. The van der Waals surface area contributed by atoms with E-state index in [-0.39, 0.29) is 10.6 Å². The molecule has 2 aliphatic rings. The van der Waals surface area contributed by atoms with Gasteiger partial charge in [0.1, 0.15) is 0 Å². The minimum Gasteiger partial charge on any atom is -0.390 e. The molecule has 1 saturated carbocycles. The monoisotopic (exact) mass is 387 g/mol. The molecule has 1 heterocycles. The van der Waals surface area contributed by atoms with Gasteiger partial charge < -0.3 is 5.11 Å². The molecule has 1 aliphatic heterocycles. The lowest BCUT2D eigenvalue weighted by Gasteiger charge is -2.26. The van der Waals surface area contributed by atoms with Gasteiger partial charge in [0.25, 0.3) is 0 Å². The van der Waals surface area contributed by atoms with Crippen LogP contribution in [-0.2, 0) is 19.9 Å². The molecular weight excluding hydrogens is 362 g/mol. The first-order valence-electron chi connectivity index (χ1n) is 8.67. The Hall–Kier alpha value is -0.960. The summed E-state index contributed by atoms with van der Waals surface area (Å²) in [5.74, 6) is -0.243. The first-order chi connectivity index (χ1) is 11.7. The molecule has 0 spiro atoms. The first kappa shape index (κ1) is 18.8. The highest BCUT2D eigenvalue weighted by Crippen LogP contribution is 2.33. The van der Waals surface area contributed by atoms with E-state index in [1.54, 1.807) is 12.1 Å². The number of sulfone groups is 1. The van der Waals surface area contributed by atoms with Crippen LogP contribution in [0.2, 0.25) is 0 Å². The summed E-state index contributed by atoms with van der Waals surface area (Å²) in [6, 6.07) is 5.96. The first-order valence-corrected chi connectivity index (χ1v) is 11.9. The van der Waals surface area contributed by atoms with Crippen LogP contribution in [0.1, 0.15) is 43.6 Å². The molecule has 2 atom stereocenters. The largest absolute Gasteiger partial charge is 0.390 e. The van der Waals surface area contributed by atoms with Gasteiger partial charge in [0.2, 0.25) is 10.0 Å². The van der Waals surface area contributed by atoms with Crippen LogP contribution in [0.15, 0.2) is 29.2 Å². The highest BCUT2D eigenvalue weighted by molar-refractivity contribution is 7.92. The van der Waals surface area contributed by atoms with E-state index in [4.69, 9.17) is 0 Å². The van der Waals surface area contributed by atoms with E-state index in [1.807, 2.05) is 12.1 Å². The minimum absolute atomic E-state index is 0.131. The standard InChI is InChI=1S/C17H25NO5S2/c1-18(16-11-24(20,21)12-17(16)19)25(22,23)15-9-7-14(8-10-15)13-5-3-2-4-6-13/h7-10,13,16-17,19H,2-6,11-12H2,1H3/t16-,17+/m1/s1. The Bertz CT molecular complexity index is 811. The van der Waals surface area contributed by atoms with E-state index < -0.39 is 37.8 Å². The molecule has 0 amide bonds. The molecule has 1 aromatic carbocycles. The summed E-state index contributed by atoms with van der Waals surface area (Å²) in [6.45, 7) is 0. The molecule has 0 radical (unpaired) electrons. The maximum Gasteiger partial charge on any atom is 0.243 e. The molecule has 1 saturated heterocycles. The van der Waals surface area contributed by atoms with Crippen molar-refractivity contribution in [2.75, 3.05) is 18.6 Å². The van der Waals surface area contributed by atoms with Crippen molar-refractivity contribution in [3.8, 4) is 0 Å². The Balaban J connectivity index is 1.80. The van der Waals surface area contributed by atoms with E-state index in [0.29, 0.717) is 5.92 Å². The van der Waals surface area contributed by atoms with Crippen molar-refractivity contribution in [1.29, 1.82) is 0 Å². The third-order valence-electron chi connectivity index (χ3n) is 5.39. The number of rotatable bonds is 4. The fraction of sp³-hybridized carbons (Fsp3) is 0.647. The molecule has 1 aromatic rings. The molecule has 140 valence electrons. The van der Waals surface area contributed by atoms with Crippen molar-refractivity contribution < 1.29 is 21.9 Å². The number of benzene rings is 1. The van der Waals surface area contributed by atoms with Crippen molar-refractivity contribution in [3.63, 3.8) is 0 Å². The summed E-state index contributed by atoms with van der Waals surface area (Å²) in [6.07, 6.45) is 4.77. The second kappa shape index (κ2) is 6.98. The molecule has 2 fully saturated rings. The molecule has 3 rings (SSSR count). The van der Waals surface area contributed by atoms with Crippen LogP contribution >= 0.6 is 0 Å². The average molecular weight is 388 g/mol. The Labute approximate surface area is 149 Å². The summed E-state index contributed by atoms with van der Waals surface area (Å²) in [5.41, 5.74) is 1.16. The van der Waals surface area contributed by atoms with E-state index in [9.17, 15) is 21.9 Å². The van der Waals surface area contributed by atoms with Gasteiger partial charge in [-0.3, -0.25) is 0 Å². The van der Waals surface area contributed by atoms with Crippen molar-refractivity contribution in [2.24, 2.45) is 0 Å². The van der Waals surface area contributed by atoms with Gasteiger partial charge in [-0.15, -0.1) is 0 Å². The molecule has 6 nitrogen and oxygen atoms in total. The van der Waals surface area contributed by atoms with Gasteiger partial charge in [0.05, 0.1) is 28.5 Å². The number of sulfonamides is 1. The highest BCUT2D eigenvalue weighted by Gasteiger charge is 2.43. The normalized spacial score (nSPS) is 27.6. The van der Waals surface area contributed by atoms with Gasteiger partial charge >= 0.3 is 0 Å². The summed E-state index contributed by atoms with van der Waals surface area (Å²) in [5, 5.41) is 9.93. The lowest BCUT2D eigenvalue weighted by molar-refractivity contribution is 0.137. The van der Waals surface area contributed by atoms with E-state index in [0.717, 1.165) is 22.7 Å². The third kappa shape index (κ3) is 3.92. The van der Waals surface area contributed by atoms with Gasteiger partial charge in [-0.1, -0.05) is 31.4 Å². The predicted molar refractivity (Wildman–Crippen MR) is 95.7 cm³/mol. The molecule has 1 N–H and O–H groups in total. The Morgan fingerprint density at radius 1 is 1.04 bits per heavy atom. The summed E-state index contributed by atoms with van der Waals surface area (Å²) in [7, 11) is -5.92. The van der Waals surface area contributed by atoms with Crippen molar-refractivity contribution in [1.82, 2.24) is 4.31 Å². The minimum atomic E-state index is -3.84. The molecule has 0 bridgehead atoms. The van der Waals surface area contributed by atoms with Gasteiger partial charge in [0, 0.05) is 7.05 Å². The van der Waals surface area contributed by atoms with Crippen LogP contribution in [-0.4, -0.2) is 56.9 Å². The van der Waals surface area contributed by atoms with E-state index >= 15 is 0 Å². The van der Waals surface area contributed by atoms with Crippen LogP contribution in [0, 0.1) is 0 Å². The average Bonchev–Trinajstić information content (AvgIpc) is 2.87. The molecular formula is C17H25NO5S2. The third-order valence-corrected chi connectivity index (χ3v) is 8.99. The van der Waals surface area contributed by atoms with Crippen molar-refractivity contribution in [2.45, 2.75) is 55.1 Å². The smallest absolute Gasteiger partial charge is 0.243 e. The summed E-state index contributed by atoms with van der Waals surface area (Å²) < 4.78 is 49.9. The molecule has 8 heteroatoms. The predicted octanol–water partition coefficient (Wildman–Crippen LogP) is 1.51. The lowest BCUT2D eigenvalue weighted by Crippen LogP contribution is -2.44. The van der Waals surface area contributed by atoms with Gasteiger partial charge in [-0.05, 0) is 36.5 Å². The van der Waals surface area contributed by atoms with Crippen LogP contribution in [0.25, 0.3) is 0 Å². The molecule has 1 aliphatic carbocycles. The maximum atomic E-state index is 12.8. The van der Waals surface area contributed by atoms with Crippen molar-refractivity contribution in [3.05, 3.63) is 29.8 Å². The SMILES string of the molecule is CN([C@@H]1CS(=O)(=O)C[C@@H]1O)S(=O)(=O)c1ccc(C2CCCCC2)cc1. The van der Waals surface area contributed by atoms with Gasteiger partial charge in [-0.25, -0.2) is 16.8 Å².